The van der Waals surface area contributed by atoms with E-state index in [1.807, 2.05) is 36.1 Å². The van der Waals surface area contributed by atoms with E-state index in [0.29, 0.717) is 47.4 Å². The fourth-order valence-electron chi connectivity index (χ4n) is 5.49. The van der Waals surface area contributed by atoms with E-state index in [1.165, 1.54) is 6.42 Å². The fraction of sp³-hybridized carbons (Fsp3) is 0.458. The van der Waals surface area contributed by atoms with Gasteiger partial charge in [-0.05, 0) is 44.2 Å². The molecule has 3 unspecified atom stereocenters. The lowest BCUT2D eigenvalue weighted by molar-refractivity contribution is 0.0736. The lowest BCUT2D eigenvalue weighted by Crippen LogP contribution is -2.43. The van der Waals surface area contributed by atoms with Gasteiger partial charge in [0.2, 0.25) is 0 Å². The quantitative estimate of drug-likeness (QED) is 0.656. The van der Waals surface area contributed by atoms with Crippen LogP contribution in [0.2, 0.25) is 5.02 Å². The molecule has 1 N–H and O–H groups in total. The molecule has 2 bridgehead atoms. The van der Waals surface area contributed by atoms with Crippen LogP contribution in [0.3, 0.4) is 0 Å². The van der Waals surface area contributed by atoms with Gasteiger partial charge in [0.25, 0.3) is 5.91 Å². The fourth-order valence-corrected chi connectivity index (χ4v) is 5.62. The lowest BCUT2D eigenvalue weighted by atomic mass is 9.99. The van der Waals surface area contributed by atoms with E-state index in [4.69, 9.17) is 16.3 Å². The Balaban J connectivity index is 1.23. The monoisotopic (exact) mass is 451 g/mol. The topological polar surface area (TPSA) is 71.8 Å². The normalized spacial score (nSPS) is 26.5. The van der Waals surface area contributed by atoms with E-state index in [-0.39, 0.29) is 12.0 Å². The number of hydrogen-bond acceptors (Lipinski definition) is 5. The minimum Gasteiger partial charge on any atom is -0.489 e. The predicted octanol–water partition coefficient (Wildman–Crippen LogP) is 3.75. The number of carbonyl (C=O) groups is 1. The average Bonchev–Trinajstić information content (AvgIpc) is 3.40. The molecule has 3 aromatic rings. The zero-order chi connectivity index (χ0) is 22.0. The molecule has 0 spiro atoms. The molecule has 0 radical (unpaired) electrons. The third kappa shape index (κ3) is 3.26. The van der Waals surface area contributed by atoms with E-state index in [9.17, 15) is 4.79 Å². The minimum absolute atomic E-state index is 0.0345. The van der Waals surface area contributed by atoms with Gasteiger partial charge in [0.05, 0.1) is 41.3 Å². The van der Waals surface area contributed by atoms with Crippen molar-refractivity contribution in [3.8, 4) is 5.75 Å². The van der Waals surface area contributed by atoms with Crippen LogP contribution in [0.5, 0.6) is 5.75 Å². The maximum absolute atomic E-state index is 13.5. The van der Waals surface area contributed by atoms with Gasteiger partial charge in [-0.3, -0.25) is 4.79 Å². The summed E-state index contributed by atoms with van der Waals surface area (Å²) >= 11 is 6.19. The van der Waals surface area contributed by atoms with Crippen molar-refractivity contribution < 1.29 is 9.53 Å². The van der Waals surface area contributed by atoms with Gasteiger partial charge in [0, 0.05) is 17.6 Å². The van der Waals surface area contributed by atoms with E-state index in [2.05, 4.69) is 22.3 Å². The van der Waals surface area contributed by atoms with Gasteiger partial charge in [-0.15, -0.1) is 0 Å². The number of rotatable bonds is 3. The second-order valence-electron chi connectivity index (χ2n) is 9.42. The van der Waals surface area contributed by atoms with Crippen molar-refractivity contribution in [1.29, 1.82) is 0 Å². The standard InChI is InChI=1S/C24H26ClN5O2/c1-13-7-15-8-16(9-20(13)27-15)32-22-6-4-3-5-17(22)24(31)29-10-18-21(12-29)28-30-11-19(25)14(2)26-23(18)30/h3-6,11,13,15-16,20,27H,7-10,12H2,1-2H3/t13-,15?,16?,20?/m1/s1. The number of amides is 1. The number of fused-ring (bicyclic) bond motifs is 5. The van der Waals surface area contributed by atoms with Crippen molar-refractivity contribution >= 4 is 23.2 Å². The maximum atomic E-state index is 13.5. The summed E-state index contributed by atoms with van der Waals surface area (Å²) in [6, 6.07) is 8.64. The summed E-state index contributed by atoms with van der Waals surface area (Å²) in [6.45, 7) is 5.12. The van der Waals surface area contributed by atoms with Crippen molar-refractivity contribution in [2.45, 2.75) is 64.4 Å². The molecule has 2 fully saturated rings. The van der Waals surface area contributed by atoms with Gasteiger partial charge >= 0.3 is 0 Å². The predicted molar refractivity (Wildman–Crippen MR) is 121 cm³/mol. The van der Waals surface area contributed by atoms with Crippen LogP contribution in [0.4, 0.5) is 0 Å². The van der Waals surface area contributed by atoms with Gasteiger partial charge in [0.1, 0.15) is 11.9 Å². The highest BCUT2D eigenvalue weighted by atomic mass is 35.5. The summed E-state index contributed by atoms with van der Waals surface area (Å²) < 4.78 is 8.13. The van der Waals surface area contributed by atoms with E-state index < -0.39 is 0 Å². The first-order chi connectivity index (χ1) is 15.5. The van der Waals surface area contributed by atoms with Crippen molar-refractivity contribution in [3.05, 3.63) is 58.0 Å². The molecule has 2 aromatic heterocycles. The third-order valence-electron chi connectivity index (χ3n) is 7.16. The van der Waals surface area contributed by atoms with Crippen molar-refractivity contribution in [2.24, 2.45) is 5.92 Å². The number of carbonyl (C=O) groups excluding carboxylic acids is 1. The number of halogens is 1. The maximum Gasteiger partial charge on any atom is 0.258 e. The molecule has 7 nitrogen and oxygen atoms in total. The number of nitrogens with one attached hydrogen (secondary N) is 1. The van der Waals surface area contributed by atoms with Crippen LogP contribution < -0.4 is 10.1 Å². The number of piperidine rings is 1. The third-order valence-corrected chi connectivity index (χ3v) is 7.53. The van der Waals surface area contributed by atoms with Crippen LogP contribution in [0.1, 0.15) is 53.5 Å². The molecule has 3 aliphatic rings. The SMILES string of the molecule is Cc1nc2c3c(nn2cc1Cl)CN(C(=O)c1ccccc1OC1CC2C[C@@H](C)C(C1)N2)C3. The Labute approximate surface area is 191 Å². The van der Waals surface area contributed by atoms with E-state index >= 15 is 0 Å². The second kappa shape index (κ2) is 7.46. The van der Waals surface area contributed by atoms with Crippen LogP contribution in [0.25, 0.3) is 5.65 Å². The molecule has 32 heavy (non-hydrogen) atoms. The van der Waals surface area contributed by atoms with E-state index in [1.54, 1.807) is 10.7 Å². The van der Waals surface area contributed by atoms with Gasteiger partial charge in [-0.25, -0.2) is 9.50 Å². The van der Waals surface area contributed by atoms with Crippen LogP contribution >= 0.6 is 11.6 Å². The Bertz CT molecular complexity index is 1220. The van der Waals surface area contributed by atoms with Crippen LogP contribution in [-0.4, -0.2) is 43.6 Å². The molecule has 1 aromatic carbocycles. The molecule has 3 aliphatic heterocycles. The Kier molecular flexibility index (Phi) is 4.66. The van der Waals surface area contributed by atoms with Gasteiger partial charge < -0.3 is 15.0 Å². The molecule has 8 heteroatoms. The number of ether oxygens (including phenoxy) is 1. The summed E-state index contributed by atoms with van der Waals surface area (Å²) in [5, 5.41) is 8.88. The van der Waals surface area contributed by atoms with Crippen molar-refractivity contribution in [1.82, 2.24) is 24.8 Å². The Morgan fingerprint density at radius 3 is 2.91 bits per heavy atom. The van der Waals surface area contributed by atoms with Gasteiger partial charge in [-0.1, -0.05) is 30.7 Å². The zero-order valence-electron chi connectivity index (χ0n) is 18.2. The number of hydrogen-bond donors (Lipinski definition) is 1. The molecule has 6 rings (SSSR count). The number of para-hydroxylation sites is 1. The average molecular weight is 452 g/mol. The lowest BCUT2D eigenvalue weighted by Gasteiger charge is -2.31. The molecule has 5 heterocycles. The largest absolute Gasteiger partial charge is 0.489 e. The minimum atomic E-state index is -0.0345. The van der Waals surface area contributed by atoms with Crippen LogP contribution in [0, 0.1) is 12.8 Å². The Morgan fingerprint density at radius 1 is 1.22 bits per heavy atom. The first-order valence-corrected chi connectivity index (χ1v) is 11.7. The molecule has 4 atom stereocenters. The van der Waals surface area contributed by atoms with Crippen LogP contribution in [0.15, 0.2) is 30.5 Å². The summed E-state index contributed by atoms with van der Waals surface area (Å²) in [6.07, 6.45) is 5.10. The molecule has 2 saturated heterocycles. The van der Waals surface area contributed by atoms with Crippen molar-refractivity contribution in [2.75, 3.05) is 0 Å². The molecule has 1 amide bonds. The van der Waals surface area contributed by atoms with Gasteiger partial charge in [-0.2, -0.15) is 5.10 Å². The molecule has 166 valence electrons. The smallest absolute Gasteiger partial charge is 0.258 e. The number of nitrogens with zero attached hydrogens (tertiary/aromatic N) is 4. The summed E-state index contributed by atoms with van der Waals surface area (Å²) in [7, 11) is 0. The molecule has 0 saturated carbocycles. The Morgan fingerprint density at radius 2 is 2.06 bits per heavy atom. The highest BCUT2D eigenvalue weighted by Gasteiger charge is 2.39. The van der Waals surface area contributed by atoms with E-state index in [0.717, 1.165) is 35.4 Å². The second-order valence-corrected chi connectivity index (χ2v) is 9.83. The summed E-state index contributed by atoms with van der Waals surface area (Å²) in [5.74, 6) is 1.32. The molecular formula is C24H26ClN5O2. The zero-order valence-corrected chi connectivity index (χ0v) is 19.0. The summed E-state index contributed by atoms with van der Waals surface area (Å²) in [5.41, 5.74) is 3.99. The first-order valence-electron chi connectivity index (χ1n) is 11.3. The Hall–Kier alpha value is -2.64. The molecule has 0 aliphatic carbocycles. The molecular weight excluding hydrogens is 426 g/mol. The number of aromatic nitrogens is 3. The van der Waals surface area contributed by atoms with Crippen molar-refractivity contribution in [3.63, 3.8) is 0 Å². The highest BCUT2D eigenvalue weighted by Crippen LogP contribution is 2.35. The highest BCUT2D eigenvalue weighted by molar-refractivity contribution is 6.31. The van der Waals surface area contributed by atoms with Gasteiger partial charge in [0.15, 0.2) is 5.65 Å². The van der Waals surface area contributed by atoms with Crippen LogP contribution in [-0.2, 0) is 13.1 Å². The first kappa shape index (κ1) is 20.0. The number of benzene rings is 1. The summed E-state index contributed by atoms with van der Waals surface area (Å²) in [4.78, 5) is 19.9. The number of aryl methyl sites for hydroxylation is 1.